The van der Waals surface area contributed by atoms with Crippen LogP contribution in [0.1, 0.15) is 6.92 Å². The van der Waals surface area contributed by atoms with Crippen molar-refractivity contribution in [3.8, 4) is 17.1 Å². The number of aryl methyl sites for hydroxylation is 1. The first kappa shape index (κ1) is 13.2. The van der Waals surface area contributed by atoms with Crippen molar-refractivity contribution in [2.24, 2.45) is 0 Å². The van der Waals surface area contributed by atoms with E-state index in [4.69, 9.17) is 0 Å². The van der Waals surface area contributed by atoms with E-state index < -0.39 is 0 Å². The smallest absolute Gasteiger partial charge is 0.209 e. The molecule has 0 fully saturated rings. The SMILES string of the molecule is CCn1nnc(-c2cnn(-c3ccccc3F)c2I)n1. The molecule has 102 valence electrons. The monoisotopic (exact) mass is 384 g/mol. The first-order valence-corrected chi connectivity index (χ1v) is 7.05. The molecule has 0 unspecified atom stereocenters. The van der Waals surface area contributed by atoms with Crippen LogP contribution in [0.15, 0.2) is 30.5 Å². The lowest BCUT2D eigenvalue weighted by Gasteiger charge is -2.04. The Labute approximate surface area is 127 Å². The molecule has 0 bridgehead atoms. The average molecular weight is 384 g/mol. The van der Waals surface area contributed by atoms with Crippen molar-refractivity contribution in [2.75, 3.05) is 0 Å². The van der Waals surface area contributed by atoms with E-state index >= 15 is 0 Å². The van der Waals surface area contributed by atoms with Gasteiger partial charge in [0.1, 0.15) is 15.2 Å². The van der Waals surface area contributed by atoms with E-state index in [0.29, 0.717) is 18.1 Å². The Kier molecular flexibility index (Phi) is 3.47. The van der Waals surface area contributed by atoms with Gasteiger partial charge in [-0.2, -0.15) is 9.90 Å². The van der Waals surface area contributed by atoms with Crippen molar-refractivity contribution in [3.63, 3.8) is 0 Å². The number of halogens is 2. The Morgan fingerprint density at radius 1 is 1.30 bits per heavy atom. The lowest BCUT2D eigenvalue weighted by Crippen LogP contribution is -2.02. The van der Waals surface area contributed by atoms with Gasteiger partial charge in [0.2, 0.25) is 5.82 Å². The van der Waals surface area contributed by atoms with E-state index in [0.717, 1.165) is 9.26 Å². The summed E-state index contributed by atoms with van der Waals surface area (Å²) in [5.74, 6) is 0.157. The number of benzene rings is 1. The molecule has 0 aliphatic carbocycles. The van der Waals surface area contributed by atoms with Crippen molar-refractivity contribution in [2.45, 2.75) is 13.5 Å². The predicted octanol–water partition coefficient (Wildman–Crippen LogP) is 2.29. The zero-order valence-corrected chi connectivity index (χ0v) is 12.7. The Morgan fingerprint density at radius 2 is 2.10 bits per heavy atom. The summed E-state index contributed by atoms with van der Waals surface area (Å²) in [4.78, 5) is 1.49. The van der Waals surface area contributed by atoms with Crippen LogP contribution >= 0.6 is 22.6 Å². The second-order valence-electron chi connectivity index (χ2n) is 4.01. The van der Waals surface area contributed by atoms with E-state index in [1.807, 2.05) is 6.92 Å². The van der Waals surface area contributed by atoms with Crippen LogP contribution in [0.3, 0.4) is 0 Å². The third-order valence-corrected chi connectivity index (χ3v) is 3.81. The van der Waals surface area contributed by atoms with Gasteiger partial charge in [0.15, 0.2) is 0 Å². The van der Waals surface area contributed by atoms with Crippen LogP contribution in [0.2, 0.25) is 0 Å². The molecule has 0 aliphatic heterocycles. The summed E-state index contributed by atoms with van der Waals surface area (Å²) >= 11 is 2.10. The third-order valence-electron chi connectivity index (χ3n) is 2.77. The van der Waals surface area contributed by atoms with Gasteiger partial charge in [-0.05, 0) is 46.9 Å². The number of tetrazole rings is 1. The fourth-order valence-corrected chi connectivity index (χ4v) is 2.52. The Balaban J connectivity index is 2.07. The van der Waals surface area contributed by atoms with E-state index in [1.54, 1.807) is 24.4 Å². The van der Waals surface area contributed by atoms with Crippen LogP contribution in [0.25, 0.3) is 17.1 Å². The van der Waals surface area contributed by atoms with Crippen LogP contribution in [-0.4, -0.2) is 30.0 Å². The molecular formula is C12H10FIN6. The summed E-state index contributed by atoms with van der Waals surface area (Å²) < 4.78 is 16.1. The van der Waals surface area contributed by atoms with Gasteiger partial charge in [-0.3, -0.25) is 0 Å². The summed E-state index contributed by atoms with van der Waals surface area (Å²) in [6.45, 7) is 2.57. The highest BCUT2D eigenvalue weighted by Gasteiger charge is 2.17. The molecule has 2 heterocycles. The number of nitrogens with zero attached hydrogens (tertiary/aromatic N) is 6. The van der Waals surface area contributed by atoms with Crippen LogP contribution in [0, 0.1) is 9.52 Å². The number of hydrogen-bond acceptors (Lipinski definition) is 4. The van der Waals surface area contributed by atoms with Gasteiger partial charge in [-0.15, -0.1) is 10.2 Å². The molecule has 0 spiro atoms. The Bertz CT molecular complexity index is 750. The fourth-order valence-electron chi connectivity index (χ4n) is 1.76. The van der Waals surface area contributed by atoms with Gasteiger partial charge in [-0.1, -0.05) is 12.1 Å². The minimum absolute atomic E-state index is 0.328. The molecule has 8 heteroatoms. The van der Waals surface area contributed by atoms with Gasteiger partial charge in [0, 0.05) is 0 Å². The van der Waals surface area contributed by atoms with Crippen molar-refractivity contribution >= 4 is 22.6 Å². The first-order valence-electron chi connectivity index (χ1n) is 5.97. The fraction of sp³-hybridized carbons (Fsp3) is 0.167. The largest absolute Gasteiger partial charge is 0.224 e. The average Bonchev–Trinajstić information content (AvgIpc) is 3.06. The Morgan fingerprint density at radius 3 is 2.80 bits per heavy atom. The zero-order chi connectivity index (χ0) is 14.1. The van der Waals surface area contributed by atoms with Crippen molar-refractivity contribution in [3.05, 3.63) is 40.0 Å². The van der Waals surface area contributed by atoms with Gasteiger partial charge in [0.25, 0.3) is 0 Å². The molecule has 3 rings (SSSR count). The second-order valence-corrected chi connectivity index (χ2v) is 5.04. The standard InChI is InChI=1S/C12H10FIN6/c1-2-19-17-12(16-18-19)8-7-15-20(11(8)14)10-6-4-3-5-9(10)13/h3-7H,2H2,1H3. The molecular weight excluding hydrogens is 374 g/mol. The van der Waals surface area contributed by atoms with Gasteiger partial charge < -0.3 is 0 Å². The molecule has 3 aromatic rings. The molecule has 0 saturated carbocycles. The summed E-state index contributed by atoms with van der Waals surface area (Å²) in [6, 6.07) is 6.48. The lowest BCUT2D eigenvalue weighted by atomic mass is 10.3. The van der Waals surface area contributed by atoms with E-state index in [-0.39, 0.29) is 5.82 Å². The molecule has 0 amide bonds. The van der Waals surface area contributed by atoms with Crippen LogP contribution < -0.4 is 0 Å². The van der Waals surface area contributed by atoms with Gasteiger partial charge in [-0.25, -0.2) is 9.07 Å². The quantitative estimate of drug-likeness (QED) is 0.651. The third kappa shape index (κ3) is 2.19. The highest BCUT2D eigenvalue weighted by atomic mass is 127. The van der Waals surface area contributed by atoms with Crippen LogP contribution in [-0.2, 0) is 6.54 Å². The second kappa shape index (κ2) is 5.27. The minimum Gasteiger partial charge on any atom is -0.224 e. The molecule has 2 aromatic heterocycles. The molecule has 0 aliphatic rings. The number of hydrogen-bond donors (Lipinski definition) is 0. The first-order chi connectivity index (χ1) is 9.70. The van der Waals surface area contributed by atoms with Gasteiger partial charge in [0.05, 0.1) is 18.3 Å². The van der Waals surface area contributed by atoms with Gasteiger partial charge >= 0.3 is 0 Å². The molecule has 0 saturated heterocycles. The van der Waals surface area contributed by atoms with Crippen LogP contribution in [0.4, 0.5) is 4.39 Å². The molecule has 0 atom stereocenters. The van der Waals surface area contributed by atoms with Crippen molar-refractivity contribution < 1.29 is 4.39 Å². The summed E-state index contributed by atoms with van der Waals surface area (Å²) in [5.41, 5.74) is 1.12. The number of rotatable bonds is 3. The van der Waals surface area contributed by atoms with Crippen LogP contribution in [0.5, 0.6) is 0 Å². The predicted molar refractivity (Wildman–Crippen MR) is 78.7 cm³/mol. The summed E-state index contributed by atoms with van der Waals surface area (Å²) in [5, 5.41) is 16.3. The maximum absolute atomic E-state index is 13.8. The maximum Gasteiger partial charge on any atom is 0.209 e. The Hall–Kier alpha value is -1.84. The molecule has 1 aromatic carbocycles. The lowest BCUT2D eigenvalue weighted by molar-refractivity contribution is 0.552. The minimum atomic E-state index is -0.328. The highest BCUT2D eigenvalue weighted by molar-refractivity contribution is 14.1. The maximum atomic E-state index is 13.8. The molecule has 20 heavy (non-hydrogen) atoms. The van der Waals surface area contributed by atoms with E-state index in [9.17, 15) is 4.39 Å². The number of aromatic nitrogens is 6. The zero-order valence-electron chi connectivity index (χ0n) is 10.5. The number of para-hydroxylation sites is 1. The van der Waals surface area contributed by atoms with E-state index in [2.05, 4.69) is 43.1 Å². The summed E-state index contributed by atoms with van der Waals surface area (Å²) in [7, 11) is 0. The molecule has 0 radical (unpaired) electrons. The van der Waals surface area contributed by atoms with Crippen molar-refractivity contribution in [1.29, 1.82) is 0 Å². The molecule has 0 N–H and O–H groups in total. The topological polar surface area (TPSA) is 61.4 Å². The van der Waals surface area contributed by atoms with E-state index in [1.165, 1.54) is 15.5 Å². The highest BCUT2D eigenvalue weighted by Crippen LogP contribution is 2.24. The molecule has 6 nitrogen and oxygen atoms in total. The summed E-state index contributed by atoms with van der Waals surface area (Å²) in [6.07, 6.45) is 1.62. The van der Waals surface area contributed by atoms with Crippen molar-refractivity contribution in [1.82, 2.24) is 30.0 Å². The normalized spacial score (nSPS) is 10.9.